The monoisotopic (exact) mass is 527 g/mol. The number of primary amides is 1. The molecule has 1 aliphatic rings. The highest BCUT2D eigenvalue weighted by atomic mass is 32.1. The van der Waals surface area contributed by atoms with Crippen LogP contribution in [0.15, 0.2) is 40.8 Å². The number of hydrogen-bond donors (Lipinski definition) is 3. The fraction of sp³-hybridized carbons (Fsp3) is 0.360. The molecule has 2 aromatic heterocycles. The summed E-state index contributed by atoms with van der Waals surface area (Å²) >= 11 is 0.751. The number of amides is 3. The van der Waals surface area contributed by atoms with Gasteiger partial charge in [-0.15, -0.1) is 0 Å². The van der Waals surface area contributed by atoms with Crippen molar-refractivity contribution >= 4 is 34.9 Å². The van der Waals surface area contributed by atoms with Gasteiger partial charge in [0.2, 0.25) is 0 Å². The molecule has 3 aromatic rings. The zero-order chi connectivity index (χ0) is 26.5. The Morgan fingerprint density at radius 1 is 1.24 bits per heavy atom. The number of nitrogens with zero attached hydrogens (tertiary/aromatic N) is 2. The molecule has 12 heteroatoms. The molecule has 0 saturated carbocycles. The fourth-order valence-corrected chi connectivity index (χ4v) is 4.87. The Kier molecular flexibility index (Phi) is 8.09. The lowest BCUT2D eigenvalue weighted by atomic mass is 10.1. The van der Waals surface area contributed by atoms with Gasteiger partial charge in [-0.25, -0.2) is 0 Å². The van der Waals surface area contributed by atoms with E-state index < -0.39 is 23.8 Å². The summed E-state index contributed by atoms with van der Waals surface area (Å²) in [6.07, 6.45) is 1.67. The Hall–Kier alpha value is -3.90. The number of benzene rings is 1. The van der Waals surface area contributed by atoms with Crippen molar-refractivity contribution in [2.75, 3.05) is 26.0 Å². The maximum Gasteiger partial charge on any atom is 0.270 e. The number of ether oxygens (including phenoxy) is 2. The zero-order valence-electron chi connectivity index (χ0n) is 20.6. The third-order valence-corrected chi connectivity index (χ3v) is 6.90. The Bertz CT molecular complexity index is 1260. The molecule has 1 aliphatic heterocycles. The maximum absolute atomic E-state index is 13.9. The molecule has 11 nitrogen and oxygen atoms in total. The van der Waals surface area contributed by atoms with Crippen LogP contribution in [0.5, 0.6) is 5.75 Å². The molecular weight excluding hydrogens is 498 g/mol. The second-order valence-corrected chi connectivity index (χ2v) is 9.42. The molecule has 1 saturated heterocycles. The predicted octanol–water partition coefficient (Wildman–Crippen LogP) is 2.41. The SMILES string of the molecule is COc1ccc(CN(C(=O)c2snc(C(N)=O)c2N)C(C(=O)NCC2CCCO2)c2ccc(C)o2)cc1. The Balaban J connectivity index is 1.73. The van der Waals surface area contributed by atoms with Crippen LogP contribution in [0.2, 0.25) is 0 Å². The Morgan fingerprint density at radius 2 is 2.00 bits per heavy atom. The first-order valence-electron chi connectivity index (χ1n) is 11.7. The molecule has 37 heavy (non-hydrogen) atoms. The lowest BCUT2D eigenvalue weighted by Crippen LogP contribution is -2.45. The summed E-state index contributed by atoms with van der Waals surface area (Å²) in [5.74, 6) is -0.372. The summed E-state index contributed by atoms with van der Waals surface area (Å²) in [6.45, 7) is 2.73. The number of aryl methyl sites for hydroxylation is 1. The van der Waals surface area contributed by atoms with E-state index in [2.05, 4.69) is 9.69 Å². The Morgan fingerprint density at radius 3 is 2.57 bits per heavy atom. The van der Waals surface area contributed by atoms with E-state index in [1.165, 1.54) is 4.90 Å². The topological polar surface area (TPSA) is 163 Å². The minimum atomic E-state index is -1.14. The number of nitrogens with two attached hydrogens (primary N) is 2. The van der Waals surface area contributed by atoms with E-state index in [0.717, 1.165) is 29.9 Å². The van der Waals surface area contributed by atoms with Crippen LogP contribution in [0.4, 0.5) is 5.69 Å². The van der Waals surface area contributed by atoms with Crippen molar-refractivity contribution in [3.8, 4) is 5.75 Å². The molecular formula is C25H29N5O6S. The highest BCUT2D eigenvalue weighted by molar-refractivity contribution is 7.09. The third kappa shape index (κ3) is 5.92. The van der Waals surface area contributed by atoms with E-state index in [-0.39, 0.29) is 34.7 Å². The van der Waals surface area contributed by atoms with Crippen LogP contribution in [-0.4, -0.2) is 53.4 Å². The summed E-state index contributed by atoms with van der Waals surface area (Å²) in [7, 11) is 1.56. The van der Waals surface area contributed by atoms with Gasteiger partial charge in [-0.2, -0.15) is 4.37 Å². The molecule has 0 radical (unpaired) electrons. The van der Waals surface area contributed by atoms with Gasteiger partial charge in [-0.3, -0.25) is 14.4 Å². The van der Waals surface area contributed by atoms with Gasteiger partial charge < -0.3 is 35.6 Å². The first-order valence-corrected chi connectivity index (χ1v) is 12.5. The van der Waals surface area contributed by atoms with Crippen molar-refractivity contribution in [2.24, 2.45) is 5.73 Å². The molecule has 3 heterocycles. The number of aromatic nitrogens is 1. The number of nitrogens with one attached hydrogen (secondary N) is 1. The van der Waals surface area contributed by atoms with Gasteiger partial charge in [-0.1, -0.05) is 12.1 Å². The average molecular weight is 528 g/mol. The minimum Gasteiger partial charge on any atom is -0.497 e. The van der Waals surface area contributed by atoms with E-state index >= 15 is 0 Å². The number of nitrogen functional groups attached to an aromatic ring is 1. The first-order chi connectivity index (χ1) is 17.8. The van der Waals surface area contributed by atoms with Crippen molar-refractivity contribution in [3.05, 3.63) is 64.1 Å². The van der Waals surface area contributed by atoms with Crippen molar-refractivity contribution in [1.82, 2.24) is 14.6 Å². The van der Waals surface area contributed by atoms with Crippen LogP contribution in [0.3, 0.4) is 0 Å². The number of hydrogen-bond acceptors (Lipinski definition) is 9. The summed E-state index contributed by atoms with van der Waals surface area (Å²) < 4.78 is 20.6. The van der Waals surface area contributed by atoms with Crippen molar-refractivity contribution in [3.63, 3.8) is 0 Å². The van der Waals surface area contributed by atoms with Gasteiger partial charge in [-0.05, 0) is 61.1 Å². The minimum absolute atomic E-state index is 0.00233. The zero-order valence-corrected chi connectivity index (χ0v) is 21.4. The third-order valence-electron chi connectivity index (χ3n) is 6.05. The number of carbonyl (C=O) groups excluding carboxylic acids is 3. The van der Waals surface area contributed by atoms with E-state index in [0.29, 0.717) is 24.7 Å². The van der Waals surface area contributed by atoms with E-state index in [4.69, 9.17) is 25.4 Å². The predicted molar refractivity (Wildman–Crippen MR) is 136 cm³/mol. The molecule has 1 aromatic carbocycles. The fourth-order valence-electron chi connectivity index (χ4n) is 4.11. The molecule has 2 unspecified atom stereocenters. The molecule has 1 fully saturated rings. The van der Waals surface area contributed by atoms with Gasteiger partial charge in [0, 0.05) is 19.7 Å². The van der Waals surface area contributed by atoms with Crippen LogP contribution < -0.4 is 21.5 Å². The lowest BCUT2D eigenvalue weighted by Gasteiger charge is -2.30. The van der Waals surface area contributed by atoms with Crippen LogP contribution >= 0.6 is 11.5 Å². The summed E-state index contributed by atoms with van der Waals surface area (Å²) in [6, 6.07) is 9.34. The van der Waals surface area contributed by atoms with Crippen LogP contribution in [0.1, 0.15) is 56.1 Å². The summed E-state index contributed by atoms with van der Waals surface area (Å²) in [5, 5.41) is 2.91. The van der Waals surface area contributed by atoms with Crippen LogP contribution in [0, 0.1) is 6.92 Å². The number of furan rings is 1. The molecule has 3 amide bonds. The molecule has 2 atom stereocenters. The largest absolute Gasteiger partial charge is 0.497 e. The number of methoxy groups -OCH3 is 1. The van der Waals surface area contributed by atoms with Crippen molar-refractivity contribution in [2.45, 2.75) is 38.5 Å². The smallest absolute Gasteiger partial charge is 0.270 e. The van der Waals surface area contributed by atoms with Gasteiger partial charge in [0.15, 0.2) is 11.7 Å². The number of carbonyl (C=O) groups is 3. The lowest BCUT2D eigenvalue weighted by molar-refractivity contribution is -0.127. The molecule has 5 N–H and O–H groups in total. The van der Waals surface area contributed by atoms with Crippen LogP contribution in [0.25, 0.3) is 0 Å². The van der Waals surface area contributed by atoms with Crippen molar-refractivity contribution in [1.29, 1.82) is 0 Å². The number of rotatable bonds is 10. The van der Waals surface area contributed by atoms with E-state index in [1.54, 1.807) is 50.4 Å². The van der Waals surface area contributed by atoms with Gasteiger partial charge in [0.05, 0.1) is 18.9 Å². The molecule has 0 aliphatic carbocycles. The van der Waals surface area contributed by atoms with E-state index in [1.807, 2.05) is 0 Å². The van der Waals surface area contributed by atoms with Crippen molar-refractivity contribution < 1.29 is 28.3 Å². The van der Waals surface area contributed by atoms with Gasteiger partial charge in [0.1, 0.15) is 22.1 Å². The maximum atomic E-state index is 13.9. The van der Waals surface area contributed by atoms with Crippen LogP contribution in [-0.2, 0) is 16.1 Å². The first kappa shape index (κ1) is 26.2. The van der Waals surface area contributed by atoms with Gasteiger partial charge in [0.25, 0.3) is 17.7 Å². The second kappa shape index (κ2) is 11.4. The quantitative estimate of drug-likeness (QED) is 0.362. The highest BCUT2D eigenvalue weighted by Crippen LogP contribution is 2.31. The molecule has 196 valence electrons. The Labute approximate surface area is 217 Å². The average Bonchev–Trinajstić information content (AvgIpc) is 3.64. The van der Waals surface area contributed by atoms with Gasteiger partial charge >= 0.3 is 0 Å². The second-order valence-electron chi connectivity index (χ2n) is 8.65. The summed E-state index contributed by atoms with van der Waals surface area (Å²) in [5.41, 5.74) is 11.8. The number of anilines is 1. The molecule has 0 spiro atoms. The van der Waals surface area contributed by atoms with E-state index in [9.17, 15) is 14.4 Å². The summed E-state index contributed by atoms with van der Waals surface area (Å²) in [4.78, 5) is 40.6. The standard InChI is InChI=1S/C25H29N5O6S/c1-14-5-10-18(36-14)21(24(32)28-12-17-4-3-11-35-17)30(13-15-6-8-16(34-2)9-7-15)25(33)22-19(26)20(23(27)31)29-37-22/h5-10,17,21H,3-4,11-13,26H2,1-2H3,(H2,27,31)(H,28,32). The molecule has 0 bridgehead atoms. The normalized spacial score (nSPS) is 15.8. The highest BCUT2D eigenvalue weighted by Gasteiger charge is 2.37. The molecule has 4 rings (SSSR count).